The second-order valence-corrected chi connectivity index (χ2v) is 6.48. The van der Waals surface area contributed by atoms with Gasteiger partial charge in [0.15, 0.2) is 7.28 Å². The van der Waals surface area contributed by atoms with Gasteiger partial charge in [0.25, 0.3) is 0 Å². The van der Waals surface area contributed by atoms with Crippen LogP contribution in [0.25, 0.3) is 10.8 Å². The molecular formula is C21H20BNO4. The highest BCUT2D eigenvalue weighted by molar-refractivity contribution is 6.51. The molecule has 0 aliphatic rings. The SMILES string of the molecule is CBc1ccc(N(Cc2ccc3cc(O)c(C(=O)O)cc3c2)C(C)=O)cc1. The molecule has 0 spiro atoms. The molecule has 136 valence electrons. The predicted octanol–water partition coefficient (Wildman–Crippen LogP) is 2.91. The molecule has 0 fully saturated rings. The number of anilines is 1. The quantitative estimate of drug-likeness (QED) is 0.685. The van der Waals surface area contributed by atoms with E-state index >= 15 is 0 Å². The molecule has 27 heavy (non-hydrogen) atoms. The number of amides is 1. The Kier molecular flexibility index (Phi) is 5.17. The highest BCUT2D eigenvalue weighted by Crippen LogP contribution is 2.27. The number of phenols is 1. The molecule has 3 rings (SSSR count). The third kappa shape index (κ3) is 3.95. The topological polar surface area (TPSA) is 77.8 Å². The van der Waals surface area contributed by atoms with E-state index in [9.17, 15) is 19.8 Å². The molecule has 3 aromatic rings. The minimum absolute atomic E-state index is 0.0729. The van der Waals surface area contributed by atoms with Gasteiger partial charge >= 0.3 is 5.97 Å². The zero-order valence-corrected chi connectivity index (χ0v) is 15.3. The Bertz CT molecular complexity index is 1010. The second kappa shape index (κ2) is 7.54. The average molecular weight is 361 g/mol. The number of nitrogens with zero attached hydrogens (tertiary/aromatic N) is 1. The van der Waals surface area contributed by atoms with Crippen LogP contribution in [0.1, 0.15) is 22.8 Å². The maximum atomic E-state index is 12.2. The number of benzene rings is 3. The number of carboxylic acid groups (broad SMARTS) is 1. The number of hydrogen-bond acceptors (Lipinski definition) is 3. The van der Waals surface area contributed by atoms with E-state index in [1.807, 2.05) is 42.5 Å². The lowest BCUT2D eigenvalue weighted by Crippen LogP contribution is -2.28. The van der Waals surface area contributed by atoms with E-state index in [1.165, 1.54) is 24.5 Å². The van der Waals surface area contributed by atoms with Gasteiger partial charge in [0, 0.05) is 12.6 Å². The minimum Gasteiger partial charge on any atom is -0.507 e. The van der Waals surface area contributed by atoms with Gasteiger partial charge in [-0.3, -0.25) is 4.79 Å². The largest absolute Gasteiger partial charge is 0.507 e. The van der Waals surface area contributed by atoms with Gasteiger partial charge in [-0.2, -0.15) is 0 Å². The molecule has 6 heteroatoms. The number of fused-ring (bicyclic) bond motifs is 1. The van der Waals surface area contributed by atoms with Crippen LogP contribution in [0.4, 0.5) is 5.69 Å². The zero-order chi connectivity index (χ0) is 19.6. The number of aromatic carboxylic acids is 1. The Morgan fingerprint density at radius 1 is 1.00 bits per heavy atom. The summed E-state index contributed by atoms with van der Waals surface area (Å²) in [5.74, 6) is -1.51. The van der Waals surface area contributed by atoms with Gasteiger partial charge in [0.1, 0.15) is 11.3 Å². The van der Waals surface area contributed by atoms with E-state index in [2.05, 4.69) is 6.82 Å². The molecule has 0 aromatic heterocycles. The van der Waals surface area contributed by atoms with Crippen molar-refractivity contribution < 1.29 is 19.8 Å². The first kappa shape index (κ1) is 18.5. The maximum absolute atomic E-state index is 12.2. The molecule has 0 saturated heterocycles. The number of aromatic hydroxyl groups is 1. The van der Waals surface area contributed by atoms with Gasteiger partial charge in [0.2, 0.25) is 5.91 Å². The van der Waals surface area contributed by atoms with Crippen molar-refractivity contribution in [3.63, 3.8) is 0 Å². The second-order valence-electron chi connectivity index (χ2n) is 6.48. The predicted molar refractivity (Wildman–Crippen MR) is 109 cm³/mol. The third-order valence-corrected chi connectivity index (χ3v) is 4.63. The molecule has 0 bridgehead atoms. The molecular weight excluding hydrogens is 341 g/mol. The van der Waals surface area contributed by atoms with E-state index in [0.717, 1.165) is 23.9 Å². The normalized spacial score (nSPS) is 10.6. The number of rotatable bonds is 5. The van der Waals surface area contributed by atoms with Crippen molar-refractivity contribution in [2.75, 3.05) is 4.90 Å². The lowest BCUT2D eigenvalue weighted by Gasteiger charge is -2.22. The van der Waals surface area contributed by atoms with Gasteiger partial charge in [0.05, 0.1) is 6.54 Å². The monoisotopic (exact) mass is 361 g/mol. The molecule has 0 aliphatic heterocycles. The molecule has 0 aliphatic carbocycles. The summed E-state index contributed by atoms with van der Waals surface area (Å²) in [4.78, 5) is 25.1. The summed E-state index contributed by atoms with van der Waals surface area (Å²) in [5.41, 5.74) is 2.75. The molecule has 2 N–H and O–H groups in total. The maximum Gasteiger partial charge on any atom is 0.339 e. The lowest BCUT2D eigenvalue weighted by atomic mass is 9.73. The first-order valence-electron chi connectivity index (χ1n) is 8.75. The average Bonchev–Trinajstić information content (AvgIpc) is 2.65. The Morgan fingerprint density at radius 2 is 1.70 bits per heavy atom. The zero-order valence-electron chi connectivity index (χ0n) is 15.3. The minimum atomic E-state index is -1.18. The van der Waals surface area contributed by atoms with Crippen molar-refractivity contribution in [2.24, 2.45) is 0 Å². The van der Waals surface area contributed by atoms with Gasteiger partial charge in [-0.1, -0.05) is 36.6 Å². The van der Waals surface area contributed by atoms with Crippen LogP contribution in [0, 0.1) is 0 Å². The first-order valence-corrected chi connectivity index (χ1v) is 8.75. The number of carbonyl (C=O) groups is 2. The Morgan fingerprint density at radius 3 is 2.30 bits per heavy atom. The van der Waals surface area contributed by atoms with Crippen LogP contribution < -0.4 is 10.4 Å². The van der Waals surface area contributed by atoms with Gasteiger partial charge in [-0.15, -0.1) is 0 Å². The summed E-state index contributed by atoms with van der Waals surface area (Å²) in [6.45, 7) is 3.98. The Hall–Kier alpha value is -3.28. The summed E-state index contributed by atoms with van der Waals surface area (Å²) in [5, 5.41) is 20.5. The number of carboxylic acids is 1. The molecule has 0 heterocycles. The van der Waals surface area contributed by atoms with E-state index in [4.69, 9.17) is 0 Å². The van der Waals surface area contributed by atoms with Crippen LogP contribution in [0.2, 0.25) is 6.82 Å². The fourth-order valence-electron chi connectivity index (χ4n) is 3.08. The van der Waals surface area contributed by atoms with E-state index in [-0.39, 0.29) is 17.2 Å². The molecule has 0 saturated carbocycles. The molecule has 0 radical (unpaired) electrons. The Labute approximate surface area is 158 Å². The fourth-order valence-corrected chi connectivity index (χ4v) is 3.08. The molecule has 5 nitrogen and oxygen atoms in total. The van der Waals surface area contributed by atoms with Crippen LogP contribution >= 0.6 is 0 Å². The lowest BCUT2D eigenvalue weighted by molar-refractivity contribution is -0.116. The van der Waals surface area contributed by atoms with Crippen molar-refractivity contribution in [1.82, 2.24) is 0 Å². The highest BCUT2D eigenvalue weighted by Gasteiger charge is 2.14. The molecule has 0 unspecified atom stereocenters. The van der Waals surface area contributed by atoms with Crippen molar-refractivity contribution in [1.29, 1.82) is 0 Å². The van der Waals surface area contributed by atoms with Crippen LogP contribution in [0.3, 0.4) is 0 Å². The van der Waals surface area contributed by atoms with Crippen LogP contribution in [0.15, 0.2) is 54.6 Å². The van der Waals surface area contributed by atoms with Gasteiger partial charge < -0.3 is 15.1 Å². The third-order valence-electron chi connectivity index (χ3n) is 4.63. The standard InChI is InChI=1S/C21H20BNO4/c1-13(24)23(18-7-5-17(22-2)6-8-18)12-14-3-4-15-11-20(25)19(21(26)27)10-16(15)9-14/h3-11,22,25H,12H2,1-2H3,(H,26,27). The van der Waals surface area contributed by atoms with Gasteiger partial charge in [-0.05, 0) is 46.7 Å². The van der Waals surface area contributed by atoms with Crippen molar-refractivity contribution in [2.45, 2.75) is 20.3 Å². The summed E-state index contributed by atoms with van der Waals surface area (Å²) in [6.07, 6.45) is 0. The highest BCUT2D eigenvalue weighted by atomic mass is 16.4. The van der Waals surface area contributed by atoms with Crippen molar-refractivity contribution >= 4 is 41.1 Å². The van der Waals surface area contributed by atoms with Crippen LogP contribution in [-0.4, -0.2) is 29.4 Å². The fraction of sp³-hybridized carbons (Fsp3) is 0.143. The van der Waals surface area contributed by atoms with Crippen molar-refractivity contribution in [3.05, 3.63) is 65.7 Å². The molecule has 1 amide bonds. The molecule has 0 atom stereocenters. The summed E-state index contributed by atoms with van der Waals surface area (Å²) >= 11 is 0. The Balaban J connectivity index is 1.95. The van der Waals surface area contributed by atoms with Crippen LogP contribution in [-0.2, 0) is 11.3 Å². The van der Waals surface area contributed by atoms with Crippen LogP contribution in [0.5, 0.6) is 5.75 Å². The van der Waals surface area contributed by atoms with E-state index in [0.29, 0.717) is 11.9 Å². The summed E-state index contributed by atoms with van der Waals surface area (Å²) < 4.78 is 0. The van der Waals surface area contributed by atoms with Crippen molar-refractivity contribution in [3.8, 4) is 5.75 Å². The first-order chi connectivity index (χ1) is 12.9. The smallest absolute Gasteiger partial charge is 0.339 e. The number of carbonyl (C=O) groups excluding carboxylic acids is 1. The van der Waals surface area contributed by atoms with Gasteiger partial charge in [-0.25, -0.2) is 4.79 Å². The summed E-state index contributed by atoms with van der Waals surface area (Å²) in [7, 11) is 0.934. The van der Waals surface area contributed by atoms with E-state index < -0.39 is 5.97 Å². The van der Waals surface area contributed by atoms with E-state index in [1.54, 1.807) is 4.90 Å². The summed E-state index contributed by atoms with van der Waals surface area (Å²) in [6, 6.07) is 16.3. The molecule has 3 aromatic carbocycles. The number of hydrogen-bond donors (Lipinski definition) is 2.